The molecule has 1 fully saturated rings. The lowest BCUT2D eigenvalue weighted by molar-refractivity contribution is 0.316. The molecule has 2 aromatic rings. The minimum absolute atomic E-state index is 0.277. The number of aromatic hydroxyl groups is 1. The molecule has 128 valence electrons. The van der Waals surface area contributed by atoms with Gasteiger partial charge in [-0.2, -0.15) is 0 Å². The molecule has 1 saturated heterocycles. The van der Waals surface area contributed by atoms with Crippen LogP contribution in [0.5, 0.6) is 5.75 Å². The van der Waals surface area contributed by atoms with E-state index in [4.69, 9.17) is 0 Å². The van der Waals surface area contributed by atoms with Gasteiger partial charge in [-0.25, -0.2) is 13.1 Å². The molecule has 0 amide bonds. The summed E-state index contributed by atoms with van der Waals surface area (Å²) in [5.74, 6) is 0.583. The topological polar surface area (TPSA) is 69.6 Å². The second-order valence-electron chi connectivity index (χ2n) is 6.22. The molecule has 2 aromatic carbocycles. The smallest absolute Gasteiger partial charge is 0.240 e. The van der Waals surface area contributed by atoms with Gasteiger partial charge in [-0.05, 0) is 48.7 Å². The van der Waals surface area contributed by atoms with Crippen molar-refractivity contribution in [2.45, 2.75) is 17.9 Å². The second-order valence-corrected chi connectivity index (χ2v) is 7.99. The SMILES string of the molecule is O=S(=O)(NCC1CCN(Cc2cccc(O)c2)C1)c1ccccc1. The normalized spacial score (nSPS) is 18.8. The number of benzene rings is 2. The minimum atomic E-state index is -3.43. The summed E-state index contributed by atoms with van der Waals surface area (Å²) in [6.07, 6.45) is 0.968. The van der Waals surface area contributed by atoms with E-state index in [-0.39, 0.29) is 5.75 Å². The number of rotatable bonds is 6. The molecule has 3 rings (SSSR count). The van der Waals surface area contributed by atoms with Crippen LogP contribution in [0.25, 0.3) is 0 Å². The maximum absolute atomic E-state index is 12.2. The molecule has 1 atom stereocenters. The molecule has 0 aromatic heterocycles. The van der Waals surface area contributed by atoms with Crippen LogP contribution in [-0.2, 0) is 16.6 Å². The summed E-state index contributed by atoms with van der Waals surface area (Å²) in [6.45, 7) is 3.02. The Hall–Kier alpha value is -1.89. The van der Waals surface area contributed by atoms with Crippen LogP contribution in [-0.4, -0.2) is 38.1 Å². The first-order valence-corrected chi connectivity index (χ1v) is 9.56. The average Bonchev–Trinajstić information content (AvgIpc) is 3.01. The van der Waals surface area contributed by atoms with E-state index in [2.05, 4.69) is 9.62 Å². The predicted molar refractivity (Wildman–Crippen MR) is 93.1 cm³/mol. The first-order valence-electron chi connectivity index (χ1n) is 8.08. The molecular formula is C18H22N2O3S. The molecule has 0 bridgehead atoms. The number of phenols is 1. The molecule has 0 aliphatic carbocycles. The molecule has 5 nitrogen and oxygen atoms in total. The molecule has 6 heteroatoms. The van der Waals surface area contributed by atoms with Crippen LogP contribution in [0, 0.1) is 5.92 Å². The molecular weight excluding hydrogens is 324 g/mol. The molecule has 1 unspecified atom stereocenters. The van der Waals surface area contributed by atoms with Gasteiger partial charge in [0.25, 0.3) is 0 Å². The van der Waals surface area contributed by atoms with Crippen molar-refractivity contribution < 1.29 is 13.5 Å². The lowest BCUT2D eigenvalue weighted by atomic mass is 10.1. The summed E-state index contributed by atoms with van der Waals surface area (Å²) in [4.78, 5) is 2.59. The third-order valence-electron chi connectivity index (χ3n) is 4.30. The van der Waals surface area contributed by atoms with Crippen LogP contribution in [0.4, 0.5) is 0 Å². The van der Waals surface area contributed by atoms with E-state index in [9.17, 15) is 13.5 Å². The van der Waals surface area contributed by atoms with Gasteiger partial charge in [0.2, 0.25) is 10.0 Å². The Kier molecular flexibility index (Phi) is 5.18. The van der Waals surface area contributed by atoms with Gasteiger partial charge in [0.15, 0.2) is 0 Å². The number of hydrogen-bond acceptors (Lipinski definition) is 4. The lowest BCUT2D eigenvalue weighted by Crippen LogP contribution is -2.31. The zero-order valence-corrected chi connectivity index (χ0v) is 14.2. The maximum Gasteiger partial charge on any atom is 0.240 e. The van der Waals surface area contributed by atoms with Crippen LogP contribution in [0.15, 0.2) is 59.5 Å². The van der Waals surface area contributed by atoms with Crippen molar-refractivity contribution in [3.05, 3.63) is 60.2 Å². The van der Waals surface area contributed by atoms with E-state index in [0.29, 0.717) is 17.4 Å². The van der Waals surface area contributed by atoms with Crippen LogP contribution >= 0.6 is 0 Å². The highest BCUT2D eigenvalue weighted by Crippen LogP contribution is 2.20. The number of sulfonamides is 1. The molecule has 0 spiro atoms. The summed E-state index contributed by atoms with van der Waals surface area (Å²) < 4.78 is 27.2. The Morgan fingerprint density at radius 2 is 1.92 bits per heavy atom. The Bertz CT molecular complexity index is 778. The summed E-state index contributed by atoms with van der Waals surface area (Å²) >= 11 is 0. The monoisotopic (exact) mass is 346 g/mol. The van der Waals surface area contributed by atoms with Gasteiger partial charge in [0.1, 0.15) is 5.75 Å². The maximum atomic E-state index is 12.2. The molecule has 24 heavy (non-hydrogen) atoms. The van der Waals surface area contributed by atoms with Crippen LogP contribution < -0.4 is 4.72 Å². The molecule has 0 saturated carbocycles. The zero-order chi connectivity index (χ0) is 17.0. The van der Waals surface area contributed by atoms with Crippen molar-refractivity contribution in [2.24, 2.45) is 5.92 Å². The average molecular weight is 346 g/mol. The number of nitrogens with zero attached hydrogens (tertiary/aromatic N) is 1. The number of hydrogen-bond donors (Lipinski definition) is 2. The molecule has 1 aliphatic rings. The second kappa shape index (κ2) is 7.34. The Labute approximate surface area is 143 Å². The van der Waals surface area contributed by atoms with Crippen LogP contribution in [0.3, 0.4) is 0 Å². The summed E-state index contributed by atoms with van der Waals surface area (Å²) in [5, 5.41) is 9.53. The van der Waals surface area contributed by atoms with Gasteiger partial charge in [0, 0.05) is 19.6 Å². The standard InChI is InChI=1S/C18H22N2O3S/c21-17-6-4-5-15(11-17)13-20-10-9-16(14-20)12-19-24(22,23)18-7-2-1-3-8-18/h1-8,11,16,19,21H,9-10,12-14H2. The fraction of sp³-hybridized carbons (Fsp3) is 0.333. The van der Waals surface area contributed by atoms with Gasteiger partial charge in [-0.1, -0.05) is 30.3 Å². The number of nitrogens with one attached hydrogen (secondary N) is 1. The predicted octanol–water partition coefficient (Wildman–Crippen LogP) is 2.19. The summed E-state index contributed by atoms with van der Waals surface area (Å²) in [5.41, 5.74) is 1.07. The summed E-state index contributed by atoms with van der Waals surface area (Å²) in [7, 11) is -3.43. The lowest BCUT2D eigenvalue weighted by Gasteiger charge is -2.16. The third kappa shape index (κ3) is 4.35. The minimum Gasteiger partial charge on any atom is -0.508 e. The number of phenolic OH excluding ortho intramolecular Hbond substituents is 1. The van der Waals surface area contributed by atoms with Crippen molar-refractivity contribution in [1.29, 1.82) is 0 Å². The van der Waals surface area contributed by atoms with E-state index < -0.39 is 10.0 Å². The van der Waals surface area contributed by atoms with Gasteiger partial charge in [0.05, 0.1) is 4.90 Å². The van der Waals surface area contributed by atoms with Crippen molar-refractivity contribution in [3.63, 3.8) is 0 Å². The zero-order valence-electron chi connectivity index (χ0n) is 13.4. The molecule has 0 radical (unpaired) electrons. The van der Waals surface area contributed by atoms with E-state index in [1.807, 2.05) is 12.1 Å². The Morgan fingerprint density at radius 1 is 1.12 bits per heavy atom. The molecule has 1 aliphatic heterocycles. The van der Waals surface area contributed by atoms with Crippen LogP contribution in [0.2, 0.25) is 0 Å². The number of likely N-dealkylation sites (tertiary alicyclic amines) is 1. The Morgan fingerprint density at radius 3 is 2.67 bits per heavy atom. The molecule has 1 heterocycles. The fourth-order valence-corrected chi connectivity index (χ4v) is 4.18. The van der Waals surface area contributed by atoms with Gasteiger partial charge >= 0.3 is 0 Å². The van der Waals surface area contributed by atoms with E-state index in [1.165, 1.54) is 0 Å². The van der Waals surface area contributed by atoms with Gasteiger partial charge in [-0.15, -0.1) is 0 Å². The third-order valence-corrected chi connectivity index (χ3v) is 5.74. The first-order chi connectivity index (χ1) is 11.5. The quantitative estimate of drug-likeness (QED) is 0.841. The molecule has 2 N–H and O–H groups in total. The van der Waals surface area contributed by atoms with Gasteiger partial charge < -0.3 is 5.11 Å². The highest BCUT2D eigenvalue weighted by molar-refractivity contribution is 7.89. The van der Waals surface area contributed by atoms with Crippen LogP contribution in [0.1, 0.15) is 12.0 Å². The van der Waals surface area contributed by atoms with Gasteiger partial charge in [-0.3, -0.25) is 4.90 Å². The van der Waals surface area contributed by atoms with Crippen molar-refractivity contribution >= 4 is 10.0 Å². The van der Waals surface area contributed by atoms with E-state index in [0.717, 1.165) is 31.6 Å². The van der Waals surface area contributed by atoms with E-state index >= 15 is 0 Å². The summed E-state index contributed by atoms with van der Waals surface area (Å²) in [6, 6.07) is 15.7. The van der Waals surface area contributed by atoms with Crippen molar-refractivity contribution in [3.8, 4) is 5.75 Å². The largest absolute Gasteiger partial charge is 0.508 e. The Balaban J connectivity index is 1.51. The highest BCUT2D eigenvalue weighted by atomic mass is 32.2. The first kappa shape index (κ1) is 17.0. The fourth-order valence-electron chi connectivity index (χ4n) is 3.05. The van der Waals surface area contributed by atoms with E-state index in [1.54, 1.807) is 42.5 Å². The van der Waals surface area contributed by atoms with Crippen molar-refractivity contribution in [1.82, 2.24) is 9.62 Å². The van der Waals surface area contributed by atoms with Crippen molar-refractivity contribution in [2.75, 3.05) is 19.6 Å². The highest BCUT2D eigenvalue weighted by Gasteiger charge is 2.24.